The largest absolute Gasteiger partial charge is 0.383 e. The summed E-state index contributed by atoms with van der Waals surface area (Å²) in [5.74, 6) is 0.358. The molecule has 0 radical (unpaired) electrons. The van der Waals surface area contributed by atoms with Crippen molar-refractivity contribution in [2.45, 2.75) is 32.7 Å². The molecule has 0 aliphatic carbocycles. The SMILES string of the molecule is CCC(CC)N(CCOC)c1nc(NC)ncc1F. The average Bonchev–Trinajstić information content (AvgIpc) is 2.44. The van der Waals surface area contributed by atoms with Crippen LogP contribution in [0.15, 0.2) is 6.20 Å². The third-order valence-corrected chi connectivity index (χ3v) is 3.14. The number of hydrogen-bond acceptors (Lipinski definition) is 5. The zero-order valence-electron chi connectivity index (χ0n) is 12.1. The van der Waals surface area contributed by atoms with Crippen LogP contribution in [0.25, 0.3) is 0 Å². The quantitative estimate of drug-likeness (QED) is 0.785. The molecule has 0 fully saturated rings. The van der Waals surface area contributed by atoms with Crippen molar-refractivity contribution < 1.29 is 9.13 Å². The van der Waals surface area contributed by atoms with Gasteiger partial charge in [0.1, 0.15) is 0 Å². The lowest BCUT2D eigenvalue weighted by molar-refractivity contribution is 0.202. The number of anilines is 2. The van der Waals surface area contributed by atoms with Crippen LogP contribution in [0.3, 0.4) is 0 Å². The van der Waals surface area contributed by atoms with Crippen LogP contribution in [0, 0.1) is 5.82 Å². The average molecular weight is 270 g/mol. The Morgan fingerprint density at radius 1 is 1.42 bits per heavy atom. The molecule has 0 bridgehead atoms. The van der Waals surface area contributed by atoms with Crippen LogP contribution >= 0.6 is 0 Å². The summed E-state index contributed by atoms with van der Waals surface area (Å²) in [6, 6.07) is 0.240. The summed E-state index contributed by atoms with van der Waals surface area (Å²) in [6.45, 7) is 5.33. The van der Waals surface area contributed by atoms with Crippen molar-refractivity contribution in [3.05, 3.63) is 12.0 Å². The molecule has 108 valence electrons. The van der Waals surface area contributed by atoms with Gasteiger partial charge in [-0.2, -0.15) is 4.98 Å². The molecule has 0 spiro atoms. The van der Waals surface area contributed by atoms with E-state index in [1.807, 2.05) is 4.90 Å². The first-order valence-electron chi connectivity index (χ1n) is 6.63. The minimum Gasteiger partial charge on any atom is -0.383 e. The first kappa shape index (κ1) is 15.6. The van der Waals surface area contributed by atoms with Crippen molar-refractivity contribution in [3.63, 3.8) is 0 Å². The molecule has 6 heteroatoms. The smallest absolute Gasteiger partial charge is 0.224 e. The zero-order chi connectivity index (χ0) is 14.3. The van der Waals surface area contributed by atoms with Crippen molar-refractivity contribution in [2.24, 2.45) is 0 Å². The van der Waals surface area contributed by atoms with Gasteiger partial charge in [-0.1, -0.05) is 13.8 Å². The van der Waals surface area contributed by atoms with Crippen LogP contribution in [0.1, 0.15) is 26.7 Å². The maximum atomic E-state index is 14.0. The maximum Gasteiger partial charge on any atom is 0.224 e. The molecular formula is C13H23FN4O. The molecular weight excluding hydrogens is 247 g/mol. The van der Waals surface area contributed by atoms with E-state index in [2.05, 4.69) is 29.1 Å². The molecule has 1 heterocycles. The minimum absolute atomic E-state index is 0.240. The van der Waals surface area contributed by atoms with Gasteiger partial charge in [-0.05, 0) is 12.8 Å². The van der Waals surface area contributed by atoms with E-state index < -0.39 is 5.82 Å². The predicted octanol–water partition coefficient (Wildman–Crippen LogP) is 2.30. The molecule has 1 aromatic rings. The summed E-state index contributed by atoms with van der Waals surface area (Å²) in [6.07, 6.45) is 3.06. The van der Waals surface area contributed by atoms with Gasteiger partial charge in [0.15, 0.2) is 11.6 Å². The zero-order valence-corrected chi connectivity index (χ0v) is 12.1. The van der Waals surface area contributed by atoms with Crippen molar-refractivity contribution in [1.29, 1.82) is 0 Å². The molecule has 19 heavy (non-hydrogen) atoms. The summed E-state index contributed by atoms with van der Waals surface area (Å²) in [4.78, 5) is 10.1. The van der Waals surface area contributed by atoms with Crippen LogP contribution < -0.4 is 10.2 Å². The number of ether oxygens (including phenoxy) is 1. The Balaban J connectivity index is 3.07. The summed E-state index contributed by atoms with van der Waals surface area (Å²) >= 11 is 0. The van der Waals surface area contributed by atoms with Crippen LogP contribution in [-0.4, -0.2) is 43.3 Å². The van der Waals surface area contributed by atoms with E-state index in [9.17, 15) is 4.39 Å². The molecule has 0 saturated heterocycles. The number of methoxy groups -OCH3 is 1. The lowest BCUT2D eigenvalue weighted by Gasteiger charge is -2.31. The van der Waals surface area contributed by atoms with Gasteiger partial charge in [-0.3, -0.25) is 0 Å². The molecule has 0 saturated carbocycles. The van der Waals surface area contributed by atoms with Gasteiger partial charge in [-0.25, -0.2) is 9.37 Å². The Hall–Kier alpha value is -1.43. The Morgan fingerprint density at radius 2 is 2.11 bits per heavy atom. The highest BCUT2D eigenvalue weighted by Gasteiger charge is 2.21. The van der Waals surface area contributed by atoms with E-state index in [0.29, 0.717) is 24.9 Å². The first-order chi connectivity index (χ1) is 9.17. The highest BCUT2D eigenvalue weighted by atomic mass is 19.1. The van der Waals surface area contributed by atoms with Gasteiger partial charge in [-0.15, -0.1) is 0 Å². The number of halogens is 1. The van der Waals surface area contributed by atoms with E-state index in [1.165, 1.54) is 6.20 Å². The van der Waals surface area contributed by atoms with E-state index in [0.717, 1.165) is 12.8 Å². The Morgan fingerprint density at radius 3 is 2.63 bits per heavy atom. The molecule has 0 aromatic carbocycles. The van der Waals surface area contributed by atoms with Gasteiger partial charge in [0.25, 0.3) is 0 Å². The number of rotatable bonds is 8. The second kappa shape index (κ2) is 7.89. The van der Waals surface area contributed by atoms with Crippen LogP contribution in [-0.2, 0) is 4.74 Å². The fraction of sp³-hybridized carbons (Fsp3) is 0.692. The summed E-state index contributed by atoms with van der Waals surface area (Å²) < 4.78 is 19.1. The molecule has 0 aliphatic heterocycles. The summed E-state index contributed by atoms with van der Waals surface area (Å²) in [5.41, 5.74) is 0. The topological polar surface area (TPSA) is 50.3 Å². The van der Waals surface area contributed by atoms with Gasteiger partial charge in [0.05, 0.1) is 12.8 Å². The predicted molar refractivity (Wildman–Crippen MR) is 75.1 cm³/mol. The fourth-order valence-corrected chi connectivity index (χ4v) is 2.06. The molecule has 1 rings (SSSR count). The Labute approximate surface area is 114 Å². The van der Waals surface area contributed by atoms with E-state index >= 15 is 0 Å². The van der Waals surface area contributed by atoms with E-state index in [-0.39, 0.29) is 6.04 Å². The highest BCUT2D eigenvalue weighted by molar-refractivity contribution is 5.44. The van der Waals surface area contributed by atoms with Crippen LogP contribution in [0.4, 0.5) is 16.2 Å². The number of aromatic nitrogens is 2. The lowest BCUT2D eigenvalue weighted by atomic mass is 10.1. The monoisotopic (exact) mass is 270 g/mol. The Bertz CT molecular complexity index is 385. The number of nitrogens with zero attached hydrogens (tertiary/aromatic N) is 3. The maximum absolute atomic E-state index is 14.0. The molecule has 1 aromatic heterocycles. The van der Waals surface area contributed by atoms with Gasteiger partial charge in [0, 0.05) is 26.7 Å². The normalized spacial score (nSPS) is 10.8. The van der Waals surface area contributed by atoms with Crippen LogP contribution in [0.2, 0.25) is 0 Å². The number of hydrogen-bond donors (Lipinski definition) is 1. The summed E-state index contributed by atoms with van der Waals surface area (Å²) in [7, 11) is 3.36. The van der Waals surface area contributed by atoms with Crippen molar-refractivity contribution in [3.8, 4) is 0 Å². The molecule has 0 atom stereocenters. The second-order valence-corrected chi connectivity index (χ2v) is 4.27. The molecule has 1 N–H and O–H groups in total. The third kappa shape index (κ3) is 4.02. The summed E-state index contributed by atoms with van der Waals surface area (Å²) in [5, 5.41) is 2.83. The van der Waals surface area contributed by atoms with E-state index in [1.54, 1.807) is 14.2 Å². The molecule has 0 unspecified atom stereocenters. The number of nitrogens with one attached hydrogen (secondary N) is 1. The standard InChI is InChI=1S/C13H23FN4O/c1-5-10(6-2)18(7-8-19-4)12-11(14)9-16-13(15-3)17-12/h9-10H,5-8H2,1-4H3,(H,15,16,17). The third-order valence-electron chi connectivity index (χ3n) is 3.14. The van der Waals surface area contributed by atoms with Gasteiger partial charge < -0.3 is 15.0 Å². The fourth-order valence-electron chi connectivity index (χ4n) is 2.06. The Kier molecular flexibility index (Phi) is 6.49. The van der Waals surface area contributed by atoms with Crippen LogP contribution in [0.5, 0.6) is 0 Å². The van der Waals surface area contributed by atoms with Crippen molar-refractivity contribution in [1.82, 2.24) is 9.97 Å². The minimum atomic E-state index is -0.401. The van der Waals surface area contributed by atoms with Crippen molar-refractivity contribution in [2.75, 3.05) is 37.5 Å². The lowest BCUT2D eigenvalue weighted by Crippen LogP contribution is -2.38. The molecule has 5 nitrogen and oxygen atoms in total. The first-order valence-corrected chi connectivity index (χ1v) is 6.63. The molecule has 0 aliphatic rings. The van der Waals surface area contributed by atoms with E-state index in [4.69, 9.17) is 4.74 Å². The van der Waals surface area contributed by atoms with Crippen molar-refractivity contribution >= 4 is 11.8 Å². The van der Waals surface area contributed by atoms with Gasteiger partial charge >= 0.3 is 0 Å². The second-order valence-electron chi connectivity index (χ2n) is 4.27. The molecule has 0 amide bonds. The highest BCUT2D eigenvalue weighted by Crippen LogP contribution is 2.22. The van der Waals surface area contributed by atoms with Gasteiger partial charge in [0.2, 0.25) is 5.95 Å².